The summed E-state index contributed by atoms with van der Waals surface area (Å²) in [5, 5.41) is 13.9. The van der Waals surface area contributed by atoms with Crippen LogP contribution in [0.3, 0.4) is 0 Å². The first-order chi connectivity index (χ1) is 6.63. The second-order valence-corrected chi connectivity index (χ2v) is 4.12. The van der Waals surface area contributed by atoms with Crippen LogP contribution in [0.1, 0.15) is 19.4 Å². The summed E-state index contributed by atoms with van der Waals surface area (Å²) in [5.74, 6) is 0. The van der Waals surface area contributed by atoms with Crippen LogP contribution in [0.2, 0.25) is 0 Å². The Morgan fingerprint density at radius 3 is 2.93 bits per heavy atom. The van der Waals surface area contributed by atoms with Crippen molar-refractivity contribution in [1.29, 1.82) is 0 Å². The molecule has 0 bridgehead atoms. The molecule has 0 unspecified atom stereocenters. The lowest BCUT2D eigenvalue weighted by molar-refractivity contribution is 0.218. The second kappa shape index (κ2) is 3.10. The average molecular weight is 191 g/mol. The first-order valence-electron chi connectivity index (χ1n) is 4.59. The zero-order valence-electron chi connectivity index (χ0n) is 8.32. The van der Waals surface area contributed by atoms with Crippen LogP contribution in [0.15, 0.2) is 28.9 Å². The quantitative estimate of drug-likeness (QED) is 0.790. The normalized spacial score (nSPS) is 12.2. The van der Waals surface area contributed by atoms with Crippen molar-refractivity contribution >= 4 is 11.0 Å². The lowest BCUT2D eigenvalue weighted by Crippen LogP contribution is -2.21. The van der Waals surface area contributed by atoms with Crippen molar-refractivity contribution in [3.63, 3.8) is 0 Å². The number of rotatable bonds is 2. The highest BCUT2D eigenvalue weighted by atomic mass is 16.5. The Morgan fingerprint density at radius 1 is 1.43 bits per heavy atom. The summed E-state index contributed by atoms with van der Waals surface area (Å²) in [5.41, 5.74) is 1.66. The maximum atomic E-state index is 9.23. The van der Waals surface area contributed by atoms with Gasteiger partial charge < -0.3 is 9.63 Å². The van der Waals surface area contributed by atoms with E-state index in [9.17, 15) is 5.11 Å². The number of nitrogens with zero attached hydrogens (tertiary/aromatic N) is 1. The molecule has 74 valence electrons. The van der Waals surface area contributed by atoms with Crippen LogP contribution in [0, 0.1) is 0 Å². The third-order valence-corrected chi connectivity index (χ3v) is 2.53. The number of hydrogen-bond donors (Lipinski definition) is 1. The fourth-order valence-electron chi connectivity index (χ4n) is 1.38. The van der Waals surface area contributed by atoms with Gasteiger partial charge in [0.05, 0.1) is 12.8 Å². The number of benzene rings is 1. The first kappa shape index (κ1) is 9.21. The van der Waals surface area contributed by atoms with Gasteiger partial charge in [0.2, 0.25) is 0 Å². The highest BCUT2D eigenvalue weighted by Crippen LogP contribution is 2.25. The molecule has 1 aromatic carbocycles. The maximum absolute atomic E-state index is 9.23. The fraction of sp³-hybridized carbons (Fsp3) is 0.364. The topological polar surface area (TPSA) is 46.3 Å². The van der Waals surface area contributed by atoms with E-state index < -0.39 is 0 Å². The summed E-state index contributed by atoms with van der Waals surface area (Å²) >= 11 is 0. The van der Waals surface area contributed by atoms with Crippen LogP contribution >= 0.6 is 0 Å². The molecule has 2 aromatic rings. The molecule has 0 radical (unpaired) electrons. The van der Waals surface area contributed by atoms with E-state index in [1.54, 1.807) is 6.20 Å². The summed E-state index contributed by atoms with van der Waals surface area (Å²) in [7, 11) is 0. The van der Waals surface area contributed by atoms with Crippen molar-refractivity contribution in [2.45, 2.75) is 19.3 Å². The van der Waals surface area contributed by atoms with E-state index in [1.807, 2.05) is 32.0 Å². The summed E-state index contributed by atoms with van der Waals surface area (Å²) < 4.78 is 5.01. The van der Waals surface area contributed by atoms with Crippen molar-refractivity contribution in [1.82, 2.24) is 5.16 Å². The molecule has 0 amide bonds. The minimum Gasteiger partial charge on any atom is -0.395 e. The molecule has 1 heterocycles. The summed E-state index contributed by atoms with van der Waals surface area (Å²) in [6.07, 6.45) is 1.69. The molecule has 0 fully saturated rings. The standard InChI is InChI=1S/C11H13NO2/c1-11(2,7-13)9-3-4-10-8(5-9)6-12-14-10/h3-6,13H,7H2,1-2H3. The predicted molar refractivity (Wildman–Crippen MR) is 54.1 cm³/mol. The summed E-state index contributed by atoms with van der Waals surface area (Å²) in [4.78, 5) is 0. The molecular weight excluding hydrogens is 178 g/mol. The molecule has 3 heteroatoms. The number of fused-ring (bicyclic) bond motifs is 1. The highest BCUT2D eigenvalue weighted by molar-refractivity contribution is 5.76. The average Bonchev–Trinajstić information content (AvgIpc) is 2.64. The van der Waals surface area contributed by atoms with Crippen molar-refractivity contribution in [3.8, 4) is 0 Å². The van der Waals surface area contributed by atoms with Gasteiger partial charge in [-0.3, -0.25) is 0 Å². The van der Waals surface area contributed by atoms with Gasteiger partial charge in [0.15, 0.2) is 5.58 Å². The van der Waals surface area contributed by atoms with Crippen molar-refractivity contribution < 1.29 is 9.63 Å². The van der Waals surface area contributed by atoms with Gasteiger partial charge in [0.25, 0.3) is 0 Å². The Labute approximate surface area is 82.3 Å². The van der Waals surface area contributed by atoms with Crippen molar-refractivity contribution in [2.24, 2.45) is 0 Å². The Bertz CT molecular complexity index is 445. The summed E-state index contributed by atoms with van der Waals surface area (Å²) in [6, 6.07) is 5.85. The minimum absolute atomic E-state index is 0.129. The van der Waals surface area contributed by atoms with Gasteiger partial charge in [-0.25, -0.2) is 0 Å². The van der Waals surface area contributed by atoms with E-state index >= 15 is 0 Å². The molecule has 14 heavy (non-hydrogen) atoms. The van der Waals surface area contributed by atoms with Gasteiger partial charge in [0, 0.05) is 10.8 Å². The monoisotopic (exact) mass is 191 g/mol. The minimum atomic E-state index is -0.217. The predicted octanol–water partition coefficient (Wildman–Crippen LogP) is 2.10. The van der Waals surface area contributed by atoms with E-state index in [0.717, 1.165) is 16.5 Å². The van der Waals surface area contributed by atoms with Crippen LogP contribution in [-0.2, 0) is 5.41 Å². The fourth-order valence-corrected chi connectivity index (χ4v) is 1.38. The molecule has 1 N–H and O–H groups in total. The lowest BCUT2D eigenvalue weighted by Gasteiger charge is -2.21. The molecule has 2 rings (SSSR count). The Morgan fingerprint density at radius 2 is 2.21 bits per heavy atom. The molecule has 1 aromatic heterocycles. The second-order valence-electron chi connectivity index (χ2n) is 4.12. The number of aromatic nitrogens is 1. The third-order valence-electron chi connectivity index (χ3n) is 2.53. The maximum Gasteiger partial charge on any atom is 0.166 e. The van der Waals surface area contributed by atoms with Gasteiger partial charge in [-0.1, -0.05) is 25.1 Å². The van der Waals surface area contributed by atoms with E-state index in [1.165, 1.54) is 0 Å². The van der Waals surface area contributed by atoms with Crippen LogP contribution in [0.25, 0.3) is 11.0 Å². The van der Waals surface area contributed by atoms with Crippen LogP contribution in [0.4, 0.5) is 0 Å². The molecule has 0 atom stereocenters. The molecule has 0 saturated carbocycles. The first-order valence-corrected chi connectivity index (χ1v) is 4.59. The summed E-state index contributed by atoms with van der Waals surface area (Å²) in [6.45, 7) is 4.13. The molecule has 0 spiro atoms. The number of aliphatic hydroxyl groups is 1. The van der Waals surface area contributed by atoms with Gasteiger partial charge >= 0.3 is 0 Å². The zero-order chi connectivity index (χ0) is 10.2. The van der Waals surface area contributed by atoms with E-state index in [0.29, 0.717) is 0 Å². The number of aliphatic hydroxyl groups excluding tert-OH is 1. The van der Waals surface area contributed by atoms with Gasteiger partial charge in [-0.05, 0) is 17.7 Å². The van der Waals surface area contributed by atoms with Crippen LogP contribution < -0.4 is 0 Å². The number of hydrogen-bond acceptors (Lipinski definition) is 3. The molecular formula is C11H13NO2. The highest BCUT2D eigenvalue weighted by Gasteiger charge is 2.19. The Hall–Kier alpha value is -1.35. The molecule has 0 aliphatic rings. The van der Waals surface area contributed by atoms with Gasteiger partial charge in [0.1, 0.15) is 0 Å². The lowest BCUT2D eigenvalue weighted by atomic mass is 9.85. The third kappa shape index (κ3) is 1.40. The smallest absolute Gasteiger partial charge is 0.166 e. The van der Waals surface area contributed by atoms with E-state index in [4.69, 9.17) is 4.52 Å². The van der Waals surface area contributed by atoms with Crippen LogP contribution in [0.5, 0.6) is 0 Å². The van der Waals surface area contributed by atoms with Crippen LogP contribution in [-0.4, -0.2) is 16.9 Å². The molecule has 3 nitrogen and oxygen atoms in total. The van der Waals surface area contributed by atoms with E-state index in [-0.39, 0.29) is 12.0 Å². The molecule has 0 aliphatic carbocycles. The Balaban J connectivity index is 2.53. The molecule has 0 saturated heterocycles. The van der Waals surface area contributed by atoms with Crippen molar-refractivity contribution in [2.75, 3.05) is 6.61 Å². The van der Waals surface area contributed by atoms with E-state index in [2.05, 4.69) is 5.16 Å². The van der Waals surface area contributed by atoms with Gasteiger partial charge in [-0.2, -0.15) is 0 Å². The van der Waals surface area contributed by atoms with Gasteiger partial charge in [-0.15, -0.1) is 0 Å². The zero-order valence-corrected chi connectivity index (χ0v) is 8.32. The molecule has 0 aliphatic heterocycles. The SMILES string of the molecule is CC(C)(CO)c1ccc2oncc2c1. The van der Waals surface area contributed by atoms with Crippen molar-refractivity contribution in [3.05, 3.63) is 30.0 Å². The Kier molecular flexibility index (Phi) is 2.04. The largest absolute Gasteiger partial charge is 0.395 e.